The molecule has 21 heavy (non-hydrogen) atoms. The fourth-order valence-electron chi connectivity index (χ4n) is 2.13. The topological polar surface area (TPSA) is 75.1 Å². The van der Waals surface area contributed by atoms with E-state index in [-0.39, 0.29) is 10.6 Å². The van der Waals surface area contributed by atoms with Crippen molar-refractivity contribution < 1.29 is 14.3 Å². The molecule has 0 saturated carbocycles. The Hall–Kier alpha value is -2.60. The number of hydrogen-bond acceptors (Lipinski definition) is 2. The van der Waals surface area contributed by atoms with E-state index in [1.54, 1.807) is 0 Å². The zero-order valence-electron chi connectivity index (χ0n) is 10.4. The normalized spacial score (nSPS) is 11.0. The Morgan fingerprint density at radius 2 is 2.00 bits per heavy atom. The zero-order valence-corrected chi connectivity index (χ0v) is 11.2. The van der Waals surface area contributed by atoms with E-state index in [0.717, 1.165) is 6.07 Å². The van der Waals surface area contributed by atoms with Crippen molar-refractivity contribution in [2.45, 2.75) is 0 Å². The third-order valence-corrected chi connectivity index (χ3v) is 3.38. The number of aromatic amines is 1. The number of hydrogen-bond donors (Lipinski definition) is 2. The molecule has 0 aliphatic heterocycles. The minimum Gasteiger partial charge on any atom is -0.478 e. The molecule has 0 atom stereocenters. The molecule has 3 rings (SSSR count). The van der Waals surface area contributed by atoms with Gasteiger partial charge in [0.25, 0.3) is 0 Å². The Kier molecular flexibility index (Phi) is 3.03. The number of aromatic carboxylic acids is 1. The van der Waals surface area contributed by atoms with Gasteiger partial charge in [-0.2, -0.15) is 0 Å². The van der Waals surface area contributed by atoms with E-state index >= 15 is 0 Å². The minimum absolute atomic E-state index is 0.0630. The van der Waals surface area contributed by atoms with Gasteiger partial charge >= 0.3 is 11.7 Å². The van der Waals surface area contributed by atoms with Crippen LogP contribution < -0.4 is 5.69 Å². The maximum atomic E-state index is 13.2. The lowest BCUT2D eigenvalue weighted by Gasteiger charge is -2.04. The molecule has 5 nitrogen and oxygen atoms in total. The van der Waals surface area contributed by atoms with Crippen LogP contribution in [0.15, 0.2) is 41.2 Å². The Morgan fingerprint density at radius 1 is 1.24 bits per heavy atom. The lowest BCUT2D eigenvalue weighted by atomic mass is 10.2. The Balaban J connectivity index is 2.27. The average molecular weight is 307 g/mol. The lowest BCUT2D eigenvalue weighted by molar-refractivity contribution is 0.0697. The van der Waals surface area contributed by atoms with Gasteiger partial charge in [0.2, 0.25) is 0 Å². The predicted octanol–water partition coefficient (Wildman–Crippen LogP) is 2.81. The van der Waals surface area contributed by atoms with Crippen molar-refractivity contribution in [3.8, 4) is 5.69 Å². The largest absolute Gasteiger partial charge is 0.478 e. The maximum Gasteiger partial charge on any atom is 0.335 e. The molecule has 1 aromatic heterocycles. The number of fused-ring (bicyclic) bond motifs is 1. The second kappa shape index (κ2) is 4.75. The van der Waals surface area contributed by atoms with E-state index < -0.39 is 17.5 Å². The first kappa shape index (κ1) is 13.4. The van der Waals surface area contributed by atoms with Crippen LogP contribution in [0.1, 0.15) is 10.4 Å². The highest BCUT2D eigenvalue weighted by molar-refractivity contribution is 6.30. The molecule has 0 radical (unpaired) electrons. The first-order chi connectivity index (χ1) is 9.97. The molecule has 0 bridgehead atoms. The van der Waals surface area contributed by atoms with Crippen LogP contribution in [-0.2, 0) is 0 Å². The Labute approximate surface area is 122 Å². The summed E-state index contributed by atoms with van der Waals surface area (Å²) in [6.45, 7) is 0. The summed E-state index contributed by atoms with van der Waals surface area (Å²) in [6, 6.07) is 8.17. The van der Waals surface area contributed by atoms with Crippen molar-refractivity contribution in [2.75, 3.05) is 0 Å². The summed E-state index contributed by atoms with van der Waals surface area (Å²) in [5.74, 6) is -1.67. The third kappa shape index (κ3) is 2.19. The van der Waals surface area contributed by atoms with Gasteiger partial charge in [0.05, 0.1) is 27.3 Å². The van der Waals surface area contributed by atoms with Gasteiger partial charge < -0.3 is 10.1 Å². The number of benzene rings is 2. The van der Waals surface area contributed by atoms with E-state index in [1.807, 2.05) is 0 Å². The van der Waals surface area contributed by atoms with Gasteiger partial charge in [-0.3, -0.25) is 4.57 Å². The fourth-order valence-corrected chi connectivity index (χ4v) is 2.30. The fraction of sp³-hybridized carbons (Fsp3) is 0. The standard InChI is InChI=1S/C14H8ClFN2O3/c15-9-6-8(2-3-10(9)16)18-12-4-1-7(13(19)20)5-11(12)17-14(18)21/h1-6H,(H,17,21)(H,19,20). The number of carboxylic acids is 1. The zero-order chi connectivity index (χ0) is 15.1. The van der Waals surface area contributed by atoms with Crippen molar-refractivity contribution in [1.82, 2.24) is 9.55 Å². The van der Waals surface area contributed by atoms with Crippen molar-refractivity contribution in [3.63, 3.8) is 0 Å². The molecule has 2 N–H and O–H groups in total. The van der Waals surface area contributed by atoms with E-state index in [1.165, 1.54) is 34.9 Å². The second-order valence-electron chi connectivity index (χ2n) is 4.40. The summed E-state index contributed by atoms with van der Waals surface area (Å²) in [4.78, 5) is 25.5. The van der Waals surface area contributed by atoms with Crippen LogP contribution in [0.4, 0.5) is 4.39 Å². The maximum absolute atomic E-state index is 13.2. The molecule has 106 valence electrons. The first-order valence-electron chi connectivity index (χ1n) is 5.91. The number of carboxylic acid groups (broad SMARTS) is 1. The molecular formula is C14H8ClFN2O3. The Bertz CT molecular complexity index is 930. The predicted molar refractivity (Wildman–Crippen MR) is 75.8 cm³/mol. The molecule has 0 aliphatic carbocycles. The number of nitrogens with zero attached hydrogens (tertiary/aromatic N) is 1. The molecule has 1 heterocycles. The third-order valence-electron chi connectivity index (χ3n) is 3.09. The minimum atomic E-state index is -1.09. The van der Waals surface area contributed by atoms with E-state index in [4.69, 9.17) is 16.7 Å². The van der Waals surface area contributed by atoms with Gasteiger partial charge in [-0.15, -0.1) is 0 Å². The smallest absolute Gasteiger partial charge is 0.335 e. The summed E-state index contributed by atoms with van der Waals surface area (Å²) in [5.41, 5.74) is 0.844. The molecule has 0 amide bonds. The molecular weight excluding hydrogens is 299 g/mol. The molecule has 0 spiro atoms. The van der Waals surface area contributed by atoms with E-state index in [0.29, 0.717) is 16.7 Å². The van der Waals surface area contributed by atoms with Gasteiger partial charge in [-0.25, -0.2) is 14.0 Å². The summed E-state index contributed by atoms with van der Waals surface area (Å²) in [7, 11) is 0. The summed E-state index contributed by atoms with van der Waals surface area (Å²) in [5, 5.41) is 8.85. The number of H-pyrrole nitrogens is 1. The summed E-state index contributed by atoms with van der Waals surface area (Å²) < 4.78 is 14.5. The number of nitrogens with one attached hydrogen (secondary N) is 1. The SMILES string of the molecule is O=C(O)c1ccc2c(c1)[nH]c(=O)n2-c1ccc(F)c(Cl)c1. The number of halogens is 2. The second-order valence-corrected chi connectivity index (χ2v) is 4.81. The van der Waals surface area contributed by atoms with E-state index in [2.05, 4.69) is 4.98 Å². The quantitative estimate of drug-likeness (QED) is 0.764. The van der Waals surface area contributed by atoms with Crippen LogP contribution >= 0.6 is 11.6 Å². The highest BCUT2D eigenvalue weighted by atomic mass is 35.5. The van der Waals surface area contributed by atoms with Crippen molar-refractivity contribution in [1.29, 1.82) is 0 Å². The van der Waals surface area contributed by atoms with Gasteiger partial charge in [-0.1, -0.05) is 11.6 Å². The average Bonchev–Trinajstić information content (AvgIpc) is 2.76. The van der Waals surface area contributed by atoms with Gasteiger partial charge in [0, 0.05) is 0 Å². The first-order valence-corrected chi connectivity index (χ1v) is 6.28. The van der Waals surface area contributed by atoms with Crippen LogP contribution in [0.3, 0.4) is 0 Å². The lowest BCUT2D eigenvalue weighted by Crippen LogP contribution is -2.14. The van der Waals surface area contributed by atoms with E-state index in [9.17, 15) is 14.0 Å². The number of aromatic nitrogens is 2. The van der Waals surface area contributed by atoms with Gasteiger partial charge in [0.1, 0.15) is 5.82 Å². The van der Waals surface area contributed by atoms with Gasteiger partial charge in [-0.05, 0) is 36.4 Å². The van der Waals surface area contributed by atoms with Crippen molar-refractivity contribution >= 4 is 28.6 Å². The molecule has 2 aromatic carbocycles. The van der Waals surface area contributed by atoms with Crippen LogP contribution in [0.25, 0.3) is 16.7 Å². The van der Waals surface area contributed by atoms with Crippen LogP contribution in [-0.4, -0.2) is 20.6 Å². The van der Waals surface area contributed by atoms with Gasteiger partial charge in [0.15, 0.2) is 0 Å². The molecule has 0 aliphatic rings. The molecule has 0 unspecified atom stereocenters. The molecule has 3 aromatic rings. The molecule has 7 heteroatoms. The molecule has 0 saturated heterocycles. The Morgan fingerprint density at radius 3 is 2.67 bits per heavy atom. The van der Waals surface area contributed by atoms with Crippen LogP contribution in [0.5, 0.6) is 0 Å². The monoisotopic (exact) mass is 306 g/mol. The number of carbonyl (C=O) groups is 1. The highest BCUT2D eigenvalue weighted by Gasteiger charge is 2.12. The highest BCUT2D eigenvalue weighted by Crippen LogP contribution is 2.21. The van der Waals surface area contributed by atoms with Crippen LogP contribution in [0.2, 0.25) is 5.02 Å². The summed E-state index contributed by atoms with van der Waals surface area (Å²) in [6.07, 6.45) is 0. The van der Waals surface area contributed by atoms with Crippen LogP contribution in [0, 0.1) is 5.82 Å². The van der Waals surface area contributed by atoms with Crippen molar-refractivity contribution in [3.05, 3.63) is 63.3 Å². The molecule has 0 fully saturated rings. The number of imidazole rings is 1. The number of rotatable bonds is 2. The van der Waals surface area contributed by atoms with Crippen molar-refractivity contribution in [2.24, 2.45) is 0 Å². The summed E-state index contributed by atoms with van der Waals surface area (Å²) >= 11 is 5.72.